The van der Waals surface area contributed by atoms with Gasteiger partial charge in [0, 0.05) is 0 Å². The van der Waals surface area contributed by atoms with E-state index in [2.05, 4.69) is 0 Å². The third kappa shape index (κ3) is 2.22. The fourth-order valence-corrected chi connectivity index (χ4v) is 1.28. The van der Waals surface area contributed by atoms with Crippen LogP contribution in [0.3, 0.4) is 0 Å². The highest BCUT2D eigenvalue weighted by Gasteiger charge is 2.09. The van der Waals surface area contributed by atoms with Crippen molar-refractivity contribution >= 4 is 12.0 Å². The molecule has 0 aliphatic heterocycles. The van der Waals surface area contributed by atoms with Gasteiger partial charge in [-0.2, -0.15) is 0 Å². The summed E-state index contributed by atoms with van der Waals surface area (Å²) in [6, 6.07) is 5.73. The molecule has 0 spiro atoms. The van der Waals surface area contributed by atoms with Crippen LogP contribution in [0.4, 0.5) is 0 Å². The van der Waals surface area contributed by atoms with Crippen molar-refractivity contribution in [3.8, 4) is 0 Å². The minimum Gasteiger partial charge on any atom is -0.465 e. The molecule has 0 fully saturated rings. The van der Waals surface area contributed by atoms with Crippen molar-refractivity contribution < 1.29 is 9.53 Å². The molecule has 0 amide bonds. The fourth-order valence-electron chi connectivity index (χ4n) is 1.28. The molecule has 0 bridgehead atoms. The number of methoxy groups -OCH3 is 1. The van der Waals surface area contributed by atoms with Gasteiger partial charge in [-0.3, -0.25) is 0 Å². The van der Waals surface area contributed by atoms with Crippen LogP contribution in [0.15, 0.2) is 24.3 Å². The zero-order valence-electron chi connectivity index (χ0n) is 8.70. The minimum absolute atomic E-state index is 0.290. The maximum Gasteiger partial charge on any atom is 0.338 e. The Bertz CT molecular complexity index is 365. The maximum atomic E-state index is 11.4. The van der Waals surface area contributed by atoms with Crippen molar-refractivity contribution in [1.82, 2.24) is 0 Å². The fraction of sp³-hybridized carbons (Fsp3) is 0.250. The highest BCUT2D eigenvalue weighted by atomic mass is 16.5. The Morgan fingerprint density at radius 3 is 2.71 bits per heavy atom. The predicted octanol–water partition coefficient (Wildman–Crippen LogP) is 2.81. The lowest BCUT2D eigenvalue weighted by molar-refractivity contribution is 0.0600. The number of benzene rings is 1. The second-order valence-electron chi connectivity index (χ2n) is 3.08. The molecule has 74 valence electrons. The molecule has 0 radical (unpaired) electrons. The molecule has 1 aromatic carbocycles. The molecule has 0 atom stereocenters. The summed E-state index contributed by atoms with van der Waals surface area (Å²) in [5.41, 5.74) is 2.56. The van der Waals surface area contributed by atoms with Crippen LogP contribution >= 0.6 is 0 Å². The maximum absolute atomic E-state index is 11.4. The first-order chi connectivity index (χ1) is 6.69. The molecule has 0 aliphatic carbocycles. The smallest absolute Gasteiger partial charge is 0.338 e. The number of carbonyl (C=O) groups excluding carboxylic acids is 1. The lowest BCUT2D eigenvalue weighted by Crippen LogP contribution is -2.03. The van der Waals surface area contributed by atoms with Gasteiger partial charge in [0.05, 0.1) is 12.7 Å². The second-order valence-corrected chi connectivity index (χ2v) is 3.08. The van der Waals surface area contributed by atoms with Crippen molar-refractivity contribution in [3.05, 3.63) is 41.0 Å². The first-order valence-corrected chi connectivity index (χ1v) is 4.50. The Kier molecular flexibility index (Phi) is 3.46. The van der Waals surface area contributed by atoms with E-state index in [0.29, 0.717) is 5.56 Å². The van der Waals surface area contributed by atoms with Gasteiger partial charge in [0.2, 0.25) is 0 Å². The van der Waals surface area contributed by atoms with Gasteiger partial charge < -0.3 is 4.74 Å². The lowest BCUT2D eigenvalue weighted by Gasteiger charge is -2.04. The van der Waals surface area contributed by atoms with E-state index in [1.165, 1.54) is 7.11 Å². The van der Waals surface area contributed by atoms with Crippen LogP contribution in [0.5, 0.6) is 0 Å². The summed E-state index contributed by atoms with van der Waals surface area (Å²) < 4.78 is 4.71. The van der Waals surface area contributed by atoms with Crippen molar-refractivity contribution in [1.29, 1.82) is 0 Å². The molecule has 0 heterocycles. The van der Waals surface area contributed by atoms with E-state index in [-0.39, 0.29) is 5.97 Å². The van der Waals surface area contributed by atoms with Gasteiger partial charge >= 0.3 is 5.97 Å². The summed E-state index contributed by atoms with van der Waals surface area (Å²) in [6.07, 6.45) is 3.79. The third-order valence-electron chi connectivity index (χ3n) is 1.96. The molecule has 2 nitrogen and oxygen atoms in total. The lowest BCUT2D eigenvalue weighted by atomic mass is 10.0. The molecule has 0 saturated carbocycles. The van der Waals surface area contributed by atoms with Gasteiger partial charge in [0.25, 0.3) is 0 Å². The van der Waals surface area contributed by atoms with E-state index in [0.717, 1.165) is 11.1 Å². The number of esters is 1. The van der Waals surface area contributed by atoms with Crippen LogP contribution in [0.2, 0.25) is 0 Å². The van der Waals surface area contributed by atoms with Gasteiger partial charge in [0.1, 0.15) is 0 Å². The van der Waals surface area contributed by atoms with Crippen LogP contribution in [-0.4, -0.2) is 13.1 Å². The standard InChI is InChI=1S/C12H14O2/c1-4-5-10-7-6-9(2)8-11(10)12(13)14-3/h4-8H,1-3H3. The summed E-state index contributed by atoms with van der Waals surface area (Å²) in [7, 11) is 1.39. The number of hydrogen-bond donors (Lipinski definition) is 0. The van der Waals surface area contributed by atoms with Crippen molar-refractivity contribution in [3.63, 3.8) is 0 Å². The number of carbonyl (C=O) groups is 1. The third-order valence-corrected chi connectivity index (χ3v) is 1.96. The summed E-state index contributed by atoms with van der Waals surface area (Å²) in [5, 5.41) is 0. The second kappa shape index (κ2) is 4.61. The normalized spacial score (nSPS) is 10.5. The largest absolute Gasteiger partial charge is 0.465 e. The Hall–Kier alpha value is -1.57. The van der Waals surface area contributed by atoms with E-state index in [9.17, 15) is 4.79 Å². The molecule has 1 rings (SSSR count). The summed E-state index contributed by atoms with van der Waals surface area (Å²) >= 11 is 0. The van der Waals surface area contributed by atoms with Crippen molar-refractivity contribution in [2.24, 2.45) is 0 Å². The van der Waals surface area contributed by atoms with Crippen LogP contribution in [-0.2, 0) is 4.74 Å². The van der Waals surface area contributed by atoms with Crippen LogP contribution in [0.1, 0.15) is 28.4 Å². The molecule has 1 aromatic rings. The van der Waals surface area contributed by atoms with E-state index >= 15 is 0 Å². The summed E-state index contributed by atoms with van der Waals surface area (Å²) in [6.45, 7) is 3.87. The van der Waals surface area contributed by atoms with Gasteiger partial charge in [-0.15, -0.1) is 0 Å². The Labute approximate surface area is 84.2 Å². The first-order valence-electron chi connectivity index (χ1n) is 4.50. The quantitative estimate of drug-likeness (QED) is 0.670. The average Bonchev–Trinajstić information content (AvgIpc) is 2.20. The van der Waals surface area contributed by atoms with Crippen molar-refractivity contribution in [2.45, 2.75) is 13.8 Å². The van der Waals surface area contributed by atoms with Crippen LogP contribution < -0.4 is 0 Å². The SMILES string of the molecule is CC=Cc1ccc(C)cc1C(=O)OC. The van der Waals surface area contributed by atoms with E-state index in [1.807, 2.05) is 44.2 Å². The number of hydrogen-bond acceptors (Lipinski definition) is 2. The van der Waals surface area contributed by atoms with E-state index < -0.39 is 0 Å². The molecular formula is C12H14O2. The van der Waals surface area contributed by atoms with Crippen molar-refractivity contribution in [2.75, 3.05) is 7.11 Å². The number of rotatable bonds is 2. The first kappa shape index (κ1) is 10.5. The number of allylic oxidation sites excluding steroid dienone is 1. The summed E-state index contributed by atoms with van der Waals surface area (Å²) in [4.78, 5) is 11.4. The zero-order chi connectivity index (χ0) is 10.6. The molecule has 0 saturated heterocycles. The Balaban J connectivity index is 3.22. The predicted molar refractivity (Wildman–Crippen MR) is 57.2 cm³/mol. The molecule has 14 heavy (non-hydrogen) atoms. The highest BCUT2D eigenvalue weighted by Crippen LogP contribution is 2.14. The zero-order valence-corrected chi connectivity index (χ0v) is 8.70. The number of ether oxygens (including phenoxy) is 1. The molecule has 0 aliphatic rings. The Morgan fingerprint density at radius 2 is 2.14 bits per heavy atom. The van der Waals surface area contributed by atoms with Gasteiger partial charge in [-0.1, -0.05) is 29.8 Å². The highest BCUT2D eigenvalue weighted by molar-refractivity contribution is 5.93. The van der Waals surface area contributed by atoms with Gasteiger partial charge in [-0.05, 0) is 25.5 Å². The molecule has 2 heteroatoms. The molecule has 0 N–H and O–H groups in total. The Morgan fingerprint density at radius 1 is 1.43 bits per heavy atom. The number of aryl methyl sites for hydroxylation is 1. The summed E-state index contributed by atoms with van der Waals surface area (Å²) in [5.74, 6) is -0.290. The van der Waals surface area contributed by atoms with Gasteiger partial charge in [-0.25, -0.2) is 4.79 Å². The van der Waals surface area contributed by atoms with Crippen LogP contribution in [0, 0.1) is 6.92 Å². The minimum atomic E-state index is -0.290. The van der Waals surface area contributed by atoms with Gasteiger partial charge in [0.15, 0.2) is 0 Å². The molecule has 0 aromatic heterocycles. The van der Waals surface area contributed by atoms with E-state index in [1.54, 1.807) is 0 Å². The van der Waals surface area contributed by atoms with E-state index in [4.69, 9.17) is 4.74 Å². The topological polar surface area (TPSA) is 26.3 Å². The molecular weight excluding hydrogens is 176 g/mol. The van der Waals surface area contributed by atoms with Crippen LogP contribution in [0.25, 0.3) is 6.08 Å². The molecule has 0 unspecified atom stereocenters. The monoisotopic (exact) mass is 190 g/mol. The average molecular weight is 190 g/mol.